The van der Waals surface area contributed by atoms with Gasteiger partial charge in [0.05, 0.1) is 11.6 Å². The highest BCUT2D eigenvalue weighted by Crippen LogP contribution is 2.16. The van der Waals surface area contributed by atoms with Gasteiger partial charge in [0.25, 0.3) is 0 Å². The van der Waals surface area contributed by atoms with Crippen molar-refractivity contribution in [2.45, 2.75) is 20.0 Å². The normalized spacial score (nSPS) is 11.2. The molecule has 2 aromatic carbocycles. The number of ether oxygens (including phenoxy) is 2. The third-order valence-corrected chi connectivity index (χ3v) is 3.11. The van der Waals surface area contributed by atoms with Crippen LogP contribution in [-0.2, 0) is 4.79 Å². The van der Waals surface area contributed by atoms with E-state index >= 15 is 0 Å². The molecule has 0 N–H and O–H groups in total. The van der Waals surface area contributed by atoms with Crippen LogP contribution in [0.1, 0.15) is 29.8 Å². The number of hydrogen-bond acceptors (Lipinski definition) is 5. The molecule has 2 aromatic rings. The molecule has 0 amide bonds. The number of nitrogens with zero attached hydrogens (tertiary/aromatic N) is 1. The second-order valence-electron chi connectivity index (χ2n) is 4.90. The fraction of sp³-hybridized carbons (Fsp3) is 0.167. The van der Waals surface area contributed by atoms with Crippen LogP contribution < -0.4 is 9.47 Å². The quantitative estimate of drug-likeness (QED) is 0.482. The Bertz CT molecular complexity index is 742. The Kier molecular flexibility index (Phi) is 5.11. The molecular formula is C18H15NO4. The maximum Gasteiger partial charge on any atom is 0.352 e. The summed E-state index contributed by atoms with van der Waals surface area (Å²) < 4.78 is 10.7. The van der Waals surface area contributed by atoms with E-state index in [2.05, 4.69) is 0 Å². The van der Waals surface area contributed by atoms with Gasteiger partial charge in [-0.25, -0.2) is 4.79 Å². The summed E-state index contributed by atoms with van der Waals surface area (Å²) in [6.45, 7) is 3.04. The van der Waals surface area contributed by atoms with E-state index in [9.17, 15) is 9.59 Å². The van der Waals surface area contributed by atoms with Crippen LogP contribution in [0.25, 0.3) is 0 Å². The van der Waals surface area contributed by atoms with Crippen molar-refractivity contribution in [3.63, 3.8) is 0 Å². The molecule has 0 fully saturated rings. The van der Waals surface area contributed by atoms with Crippen LogP contribution in [0.5, 0.6) is 11.5 Å². The van der Waals surface area contributed by atoms with Gasteiger partial charge in [0.1, 0.15) is 11.5 Å². The van der Waals surface area contributed by atoms with Gasteiger partial charge in [0.2, 0.25) is 0 Å². The maximum absolute atomic E-state index is 12.0. The second-order valence-corrected chi connectivity index (χ2v) is 4.90. The molecule has 0 aromatic heterocycles. The highest BCUT2D eigenvalue weighted by atomic mass is 16.6. The first-order valence-corrected chi connectivity index (χ1v) is 6.99. The molecule has 5 nitrogen and oxygen atoms in total. The number of carbonyl (C=O) groups is 2. The molecule has 0 aliphatic rings. The minimum atomic E-state index is -0.810. The highest BCUT2D eigenvalue weighted by molar-refractivity contribution is 5.94. The van der Waals surface area contributed by atoms with Crippen molar-refractivity contribution in [1.82, 2.24) is 0 Å². The Morgan fingerprint density at radius 1 is 1.00 bits per heavy atom. The molecule has 2 rings (SSSR count). The van der Waals surface area contributed by atoms with Gasteiger partial charge in [-0.15, -0.1) is 0 Å². The number of Topliss-reactive ketones (excluding diaryl/α,β-unsaturated/α-hetero) is 1. The Morgan fingerprint density at radius 2 is 1.57 bits per heavy atom. The third-order valence-electron chi connectivity index (χ3n) is 3.11. The average Bonchev–Trinajstić information content (AvgIpc) is 2.56. The molecule has 1 atom stereocenters. The van der Waals surface area contributed by atoms with E-state index in [1.807, 2.05) is 6.07 Å². The fourth-order valence-corrected chi connectivity index (χ4v) is 1.82. The summed E-state index contributed by atoms with van der Waals surface area (Å²) in [7, 11) is 0. The van der Waals surface area contributed by atoms with Crippen LogP contribution in [0.15, 0.2) is 48.5 Å². The number of esters is 1. The first-order valence-electron chi connectivity index (χ1n) is 6.99. The fourth-order valence-electron chi connectivity index (χ4n) is 1.82. The maximum atomic E-state index is 12.0. The lowest BCUT2D eigenvalue weighted by Gasteiger charge is -2.14. The van der Waals surface area contributed by atoms with E-state index in [1.54, 1.807) is 55.5 Å². The Balaban J connectivity index is 1.96. The van der Waals surface area contributed by atoms with E-state index < -0.39 is 12.1 Å². The lowest BCUT2D eigenvalue weighted by atomic mass is 10.1. The Hall–Kier alpha value is -3.13. The number of hydrogen-bond donors (Lipinski definition) is 0. The average molecular weight is 309 g/mol. The molecule has 0 heterocycles. The summed E-state index contributed by atoms with van der Waals surface area (Å²) in [4.78, 5) is 23.2. The van der Waals surface area contributed by atoms with Crippen molar-refractivity contribution in [2.24, 2.45) is 0 Å². The SMILES string of the molecule is CC(=O)c1ccc(OC(=O)[C@@H](C)Oc2ccc(C#N)cc2)cc1. The van der Waals surface area contributed by atoms with E-state index in [4.69, 9.17) is 14.7 Å². The molecule has 0 radical (unpaired) electrons. The van der Waals surface area contributed by atoms with Gasteiger partial charge in [-0.05, 0) is 62.4 Å². The number of nitriles is 1. The number of carbonyl (C=O) groups excluding carboxylic acids is 2. The first kappa shape index (κ1) is 16.2. The van der Waals surface area contributed by atoms with Gasteiger partial charge in [0.15, 0.2) is 11.9 Å². The Labute approximate surface area is 134 Å². The van der Waals surface area contributed by atoms with Crippen LogP contribution in [0.3, 0.4) is 0 Å². The van der Waals surface area contributed by atoms with E-state index in [-0.39, 0.29) is 5.78 Å². The van der Waals surface area contributed by atoms with Crippen molar-refractivity contribution in [1.29, 1.82) is 5.26 Å². The summed E-state index contributed by atoms with van der Waals surface area (Å²) in [5.41, 5.74) is 1.06. The molecular weight excluding hydrogens is 294 g/mol. The third kappa shape index (κ3) is 4.42. The van der Waals surface area contributed by atoms with Gasteiger partial charge in [-0.1, -0.05) is 0 Å². The van der Waals surface area contributed by atoms with Gasteiger partial charge < -0.3 is 9.47 Å². The van der Waals surface area contributed by atoms with Crippen LogP contribution in [0.2, 0.25) is 0 Å². The topological polar surface area (TPSA) is 76.4 Å². The molecule has 0 bridgehead atoms. The zero-order chi connectivity index (χ0) is 16.8. The van der Waals surface area contributed by atoms with E-state index in [0.29, 0.717) is 22.6 Å². The summed E-state index contributed by atoms with van der Waals surface area (Å²) >= 11 is 0. The van der Waals surface area contributed by atoms with E-state index in [1.165, 1.54) is 6.92 Å². The number of ketones is 1. The van der Waals surface area contributed by atoms with Crippen molar-refractivity contribution in [2.75, 3.05) is 0 Å². The largest absolute Gasteiger partial charge is 0.479 e. The van der Waals surface area contributed by atoms with E-state index in [0.717, 1.165) is 0 Å². The van der Waals surface area contributed by atoms with Crippen molar-refractivity contribution >= 4 is 11.8 Å². The standard InChI is InChI=1S/C18H15NO4/c1-12(20)15-5-9-17(10-6-15)23-18(21)13(2)22-16-7-3-14(11-19)4-8-16/h3-10,13H,1-2H3/t13-/m1/s1. The summed E-state index contributed by atoms with van der Waals surface area (Å²) in [5, 5.41) is 8.73. The smallest absolute Gasteiger partial charge is 0.352 e. The van der Waals surface area contributed by atoms with Crippen LogP contribution >= 0.6 is 0 Å². The molecule has 0 spiro atoms. The van der Waals surface area contributed by atoms with Crippen LogP contribution in [0.4, 0.5) is 0 Å². The molecule has 0 aliphatic carbocycles. The van der Waals surface area contributed by atoms with Gasteiger partial charge in [0, 0.05) is 5.56 Å². The second kappa shape index (κ2) is 7.23. The molecule has 0 aliphatic heterocycles. The molecule has 0 saturated heterocycles. The molecule has 5 heteroatoms. The molecule has 0 unspecified atom stereocenters. The van der Waals surface area contributed by atoms with Gasteiger partial charge in [-0.3, -0.25) is 4.79 Å². The molecule has 0 saturated carbocycles. The predicted octanol–water partition coefficient (Wildman–Crippen LogP) is 3.13. The number of rotatable bonds is 5. The van der Waals surface area contributed by atoms with Crippen molar-refractivity contribution in [3.8, 4) is 17.6 Å². The Morgan fingerprint density at radius 3 is 2.09 bits per heavy atom. The lowest BCUT2D eigenvalue weighted by molar-refractivity contribution is -0.141. The number of benzene rings is 2. The van der Waals surface area contributed by atoms with Gasteiger partial charge in [-0.2, -0.15) is 5.26 Å². The van der Waals surface area contributed by atoms with Gasteiger partial charge >= 0.3 is 5.97 Å². The zero-order valence-electron chi connectivity index (χ0n) is 12.8. The summed E-state index contributed by atoms with van der Waals surface area (Å²) in [6.07, 6.45) is -0.810. The minimum Gasteiger partial charge on any atom is -0.479 e. The van der Waals surface area contributed by atoms with Crippen LogP contribution in [0, 0.1) is 11.3 Å². The first-order chi connectivity index (χ1) is 11.0. The van der Waals surface area contributed by atoms with Crippen LogP contribution in [-0.4, -0.2) is 17.9 Å². The highest BCUT2D eigenvalue weighted by Gasteiger charge is 2.17. The van der Waals surface area contributed by atoms with Crippen molar-refractivity contribution < 1.29 is 19.1 Å². The monoisotopic (exact) mass is 309 g/mol. The lowest BCUT2D eigenvalue weighted by Crippen LogP contribution is -2.28. The minimum absolute atomic E-state index is 0.0552. The summed E-state index contributed by atoms with van der Waals surface area (Å²) in [6, 6.07) is 14.8. The predicted molar refractivity (Wildman–Crippen MR) is 83.3 cm³/mol. The van der Waals surface area contributed by atoms with Crippen molar-refractivity contribution in [3.05, 3.63) is 59.7 Å². The zero-order valence-corrected chi connectivity index (χ0v) is 12.8. The molecule has 23 heavy (non-hydrogen) atoms. The summed E-state index contributed by atoms with van der Waals surface area (Å²) in [5.74, 6) is 0.209. The molecule has 116 valence electrons.